The number of carboxylic acid groups (broad SMARTS) is 1. The maximum absolute atomic E-state index is 11.3. The van der Waals surface area contributed by atoms with Crippen LogP contribution < -0.4 is 68.9 Å². The summed E-state index contributed by atoms with van der Waals surface area (Å²) in [6.07, 6.45) is 2.27. The molecule has 0 unspecified atom stereocenters. The maximum Gasteiger partial charge on any atom is 1.00 e. The Bertz CT molecular complexity index is 365. The van der Waals surface area contributed by atoms with Crippen molar-refractivity contribution in [2.75, 3.05) is 0 Å². The quantitative estimate of drug-likeness (QED) is 0.397. The van der Waals surface area contributed by atoms with Gasteiger partial charge in [-0.15, -0.1) is 0 Å². The molecule has 0 fully saturated rings. The van der Waals surface area contributed by atoms with Gasteiger partial charge < -0.3 is 17.3 Å². The van der Waals surface area contributed by atoms with Gasteiger partial charge in [-0.2, -0.15) is 6.42 Å². The van der Waals surface area contributed by atoms with Gasteiger partial charge in [0.15, 0.2) is 5.97 Å². The Balaban J connectivity index is 0. The molecule has 4 nitrogen and oxygen atoms in total. The molecule has 0 heterocycles. The first-order chi connectivity index (χ1) is 8.18. The second-order valence-corrected chi connectivity index (χ2v) is 3.58. The van der Waals surface area contributed by atoms with Gasteiger partial charge in [0, 0.05) is 6.42 Å². The number of benzene rings is 1. The zero-order valence-corrected chi connectivity index (χ0v) is 17.7. The number of rotatable bonds is 7. The van der Waals surface area contributed by atoms with E-state index < -0.39 is 5.97 Å². The van der Waals surface area contributed by atoms with Gasteiger partial charge in [-0.3, -0.25) is 16.0 Å². The summed E-state index contributed by atoms with van der Waals surface area (Å²) in [4.78, 5) is 21.5. The minimum atomic E-state index is -0.956. The van der Waals surface area contributed by atoms with E-state index >= 15 is 0 Å². The molecule has 0 saturated carbocycles. The van der Waals surface area contributed by atoms with Gasteiger partial charge in [-0.05, 0) is 5.56 Å². The Kier molecular flexibility index (Phi) is 14.7. The molecule has 0 aliphatic rings. The monoisotopic (exact) mass is 383 g/mol. The summed E-state index contributed by atoms with van der Waals surface area (Å²) in [7, 11) is 0. The fourth-order valence-corrected chi connectivity index (χ4v) is 1.28. The van der Waals surface area contributed by atoms with E-state index in [1.165, 1.54) is 0 Å². The summed E-state index contributed by atoms with van der Waals surface area (Å²) in [6, 6.07) is 9.42. The molecule has 0 aliphatic carbocycles. The van der Waals surface area contributed by atoms with E-state index in [0.29, 0.717) is 12.8 Å². The Labute approximate surface area is 173 Å². The van der Waals surface area contributed by atoms with Crippen molar-refractivity contribution in [3.63, 3.8) is 0 Å². The van der Waals surface area contributed by atoms with Crippen LogP contribution in [0.4, 0.5) is 0 Å². The summed E-state index contributed by atoms with van der Waals surface area (Å²) >= 11 is 0. The zero-order chi connectivity index (χ0) is 12.5. The van der Waals surface area contributed by atoms with Crippen LogP contribution in [0, 0.1) is 13.8 Å². The van der Waals surface area contributed by atoms with Crippen LogP contribution in [-0.4, -0.2) is 17.0 Å². The molecule has 1 aromatic carbocycles. The number of carboxylic acids is 1. The minimum Gasteiger partial charge on any atom is -0.503 e. The molecule has 100 valence electrons. The minimum absolute atomic E-state index is 0. The molecule has 1 aromatic rings. The molecule has 0 amide bonds. The average molecular weight is 383 g/mol. The van der Waals surface area contributed by atoms with Gasteiger partial charge in [-0.25, -0.2) is 0 Å². The number of ether oxygens (including phenoxy) is 1. The summed E-state index contributed by atoms with van der Waals surface area (Å²) < 4.78 is 5.03. The molecular formula is C14H18CsO4-. The zero-order valence-electron chi connectivity index (χ0n) is 11.5. The van der Waals surface area contributed by atoms with Gasteiger partial charge >= 0.3 is 74.9 Å². The largest absolute Gasteiger partial charge is 1.00 e. The first-order valence-corrected chi connectivity index (χ1v) is 5.44. The van der Waals surface area contributed by atoms with Crippen LogP contribution in [0.15, 0.2) is 30.3 Å². The molecule has 5 heteroatoms. The van der Waals surface area contributed by atoms with Crippen LogP contribution in [0.1, 0.15) is 24.8 Å². The first-order valence-electron chi connectivity index (χ1n) is 5.44. The molecule has 1 N–H and O–H groups in total. The van der Waals surface area contributed by atoms with Crippen LogP contribution in [0.5, 0.6) is 0 Å². The van der Waals surface area contributed by atoms with E-state index in [-0.39, 0.29) is 95.3 Å². The van der Waals surface area contributed by atoms with E-state index in [1.54, 1.807) is 0 Å². The van der Waals surface area contributed by atoms with Gasteiger partial charge in [0.2, 0.25) is 0 Å². The standard InChI is InChI=1S/C13H15O4.CH3.Cs/c14-12(15)8-4-5-9-13(16)17-10-11-6-2-1-3-7-11;;/h1-3,6-8H,4-5,9-10H2,(H,14,15);1H3;/q2*-1;+1. The third kappa shape index (κ3) is 11.6. The van der Waals surface area contributed by atoms with E-state index in [9.17, 15) is 9.59 Å². The van der Waals surface area contributed by atoms with E-state index in [4.69, 9.17) is 9.84 Å². The summed E-state index contributed by atoms with van der Waals surface area (Å²) in [5.41, 5.74) is 0.943. The topological polar surface area (TPSA) is 63.6 Å². The number of hydrogen-bond donors (Lipinski definition) is 1. The fraction of sp³-hybridized carbons (Fsp3) is 0.286. The fourth-order valence-electron chi connectivity index (χ4n) is 1.28. The maximum atomic E-state index is 11.3. The van der Waals surface area contributed by atoms with Gasteiger partial charge in [0.1, 0.15) is 6.61 Å². The Morgan fingerprint density at radius 2 is 1.84 bits per heavy atom. The Morgan fingerprint density at radius 1 is 1.21 bits per heavy atom. The van der Waals surface area contributed by atoms with E-state index in [2.05, 4.69) is 0 Å². The molecule has 0 atom stereocenters. The van der Waals surface area contributed by atoms with Crippen molar-refractivity contribution in [2.45, 2.75) is 25.9 Å². The van der Waals surface area contributed by atoms with Crippen LogP contribution >= 0.6 is 0 Å². The molecule has 1 rings (SSSR count). The van der Waals surface area contributed by atoms with Crippen molar-refractivity contribution >= 4 is 11.9 Å². The summed E-state index contributed by atoms with van der Waals surface area (Å²) in [5, 5.41) is 8.36. The molecule has 0 radical (unpaired) electrons. The number of carbonyl (C=O) groups is 2. The second-order valence-electron chi connectivity index (χ2n) is 3.58. The Morgan fingerprint density at radius 3 is 2.42 bits per heavy atom. The number of esters is 1. The van der Waals surface area contributed by atoms with Crippen LogP contribution in [0.3, 0.4) is 0 Å². The molecule has 0 bridgehead atoms. The number of unbranched alkanes of at least 4 members (excludes halogenated alkanes) is 1. The molecule has 0 aromatic heterocycles. The summed E-state index contributed by atoms with van der Waals surface area (Å²) in [5.74, 6) is -1.25. The van der Waals surface area contributed by atoms with Gasteiger partial charge in [0.25, 0.3) is 0 Å². The second kappa shape index (κ2) is 13.1. The van der Waals surface area contributed by atoms with Crippen molar-refractivity contribution < 1.29 is 88.3 Å². The number of carbonyl (C=O) groups excluding carboxylic acids is 1. The van der Waals surface area contributed by atoms with Crippen molar-refractivity contribution in [1.29, 1.82) is 0 Å². The van der Waals surface area contributed by atoms with Gasteiger partial charge in [-0.1, -0.05) is 36.8 Å². The normalized spacial score (nSPS) is 8.63. The molecule has 0 aliphatic heterocycles. The molecule has 0 saturated heterocycles. The smallest absolute Gasteiger partial charge is 0.503 e. The van der Waals surface area contributed by atoms with Gasteiger partial charge in [0.05, 0.1) is 0 Å². The molecule has 19 heavy (non-hydrogen) atoms. The van der Waals surface area contributed by atoms with Crippen molar-refractivity contribution in [2.24, 2.45) is 0 Å². The van der Waals surface area contributed by atoms with Crippen LogP contribution in [0.2, 0.25) is 0 Å². The predicted octanol–water partition coefficient (Wildman–Crippen LogP) is -0.357. The number of aliphatic carboxylic acids is 1. The SMILES string of the molecule is O=C(O)[CH-]CCCC(=O)OCc1ccccc1.[CH3-].[Cs+]. The summed E-state index contributed by atoms with van der Waals surface area (Å²) in [6.45, 7) is 0.266. The van der Waals surface area contributed by atoms with E-state index in [1.807, 2.05) is 30.3 Å². The molecule has 0 spiro atoms. The Hall–Kier alpha value is 0.0819. The third-order valence-corrected chi connectivity index (χ3v) is 2.15. The van der Waals surface area contributed by atoms with Crippen molar-refractivity contribution in [1.82, 2.24) is 0 Å². The first kappa shape index (κ1) is 21.4. The van der Waals surface area contributed by atoms with E-state index in [0.717, 1.165) is 12.0 Å². The van der Waals surface area contributed by atoms with Crippen molar-refractivity contribution in [3.05, 3.63) is 49.7 Å². The average Bonchev–Trinajstić information content (AvgIpc) is 2.33. The molecular weight excluding hydrogens is 365 g/mol. The van der Waals surface area contributed by atoms with Crippen LogP contribution in [-0.2, 0) is 20.9 Å². The predicted molar refractivity (Wildman–Crippen MR) is 68.4 cm³/mol. The van der Waals surface area contributed by atoms with Crippen molar-refractivity contribution in [3.8, 4) is 0 Å². The third-order valence-electron chi connectivity index (χ3n) is 2.15. The van der Waals surface area contributed by atoms with Crippen LogP contribution in [0.25, 0.3) is 0 Å². The number of hydrogen-bond acceptors (Lipinski definition) is 3.